The van der Waals surface area contributed by atoms with Crippen LogP contribution in [0.3, 0.4) is 0 Å². The Hall–Kier alpha value is -0.900. The number of hydrogen-bond acceptors (Lipinski definition) is 3. The fourth-order valence-corrected chi connectivity index (χ4v) is 2.58. The molecule has 0 radical (unpaired) electrons. The van der Waals surface area contributed by atoms with E-state index in [2.05, 4.69) is 15.0 Å². The standard InChI is InChI=1S/C10H15N3.C2H6O/c1-13-10-5-3-8-6-7(8)2-4-9(10)11-12-13;1-3-2/h7-8H,2-6H2,1H3;1-2H3/t7-,8+;/m1./s1. The van der Waals surface area contributed by atoms with Crippen molar-refractivity contribution in [2.24, 2.45) is 18.9 Å². The van der Waals surface area contributed by atoms with Crippen LogP contribution >= 0.6 is 0 Å². The third-order valence-electron chi connectivity index (χ3n) is 3.60. The number of methoxy groups -OCH3 is 1. The molecule has 1 fully saturated rings. The molecule has 1 aromatic rings. The minimum Gasteiger partial charge on any atom is -0.388 e. The second-order valence-corrected chi connectivity index (χ2v) is 4.85. The van der Waals surface area contributed by atoms with Gasteiger partial charge >= 0.3 is 0 Å². The van der Waals surface area contributed by atoms with Gasteiger partial charge in [0.05, 0.1) is 11.4 Å². The molecule has 0 spiro atoms. The summed E-state index contributed by atoms with van der Waals surface area (Å²) >= 11 is 0. The molecule has 0 saturated heterocycles. The second kappa shape index (κ2) is 4.95. The molecule has 3 rings (SSSR count). The van der Waals surface area contributed by atoms with Gasteiger partial charge in [-0.15, -0.1) is 5.10 Å². The molecular weight excluding hydrogens is 202 g/mol. The molecule has 16 heavy (non-hydrogen) atoms. The Bertz CT molecular complexity index is 348. The van der Waals surface area contributed by atoms with Crippen LogP contribution in [0, 0.1) is 11.8 Å². The van der Waals surface area contributed by atoms with Crippen molar-refractivity contribution in [3.63, 3.8) is 0 Å². The molecule has 0 aliphatic heterocycles. The predicted octanol–water partition coefficient (Wildman–Crippen LogP) is 1.59. The molecule has 1 aromatic heterocycles. The van der Waals surface area contributed by atoms with Crippen molar-refractivity contribution in [1.29, 1.82) is 0 Å². The molecule has 4 heteroatoms. The third-order valence-corrected chi connectivity index (χ3v) is 3.60. The van der Waals surface area contributed by atoms with Gasteiger partial charge in [0, 0.05) is 21.3 Å². The van der Waals surface area contributed by atoms with E-state index in [1.54, 1.807) is 14.2 Å². The summed E-state index contributed by atoms with van der Waals surface area (Å²) in [7, 11) is 5.26. The van der Waals surface area contributed by atoms with Crippen molar-refractivity contribution in [2.45, 2.75) is 32.1 Å². The van der Waals surface area contributed by atoms with Crippen molar-refractivity contribution >= 4 is 0 Å². The quantitative estimate of drug-likeness (QED) is 0.670. The van der Waals surface area contributed by atoms with Gasteiger partial charge < -0.3 is 4.74 Å². The molecule has 0 amide bonds. The van der Waals surface area contributed by atoms with E-state index in [0.29, 0.717) is 0 Å². The molecule has 0 bridgehead atoms. The Morgan fingerprint density at radius 2 is 1.81 bits per heavy atom. The SMILES string of the molecule is COC.Cn1nnc2c1CC[C@H]1C[C@H]1CC2. The lowest BCUT2D eigenvalue weighted by Crippen LogP contribution is -2.04. The van der Waals surface area contributed by atoms with Gasteiger partial charge in [0.25, 0.3) is 0 Å². The number of ether oxygens (including phenoxy) is 1. The second-order valence-electron chi connectivity index (χ2n) is 4.85. The van der Waals surface area contributed by atoms with Crippen LogP contribution in [-0.2, 0) is 24.6 Å². The summed E-state index contributed by atoms with van der Waals surface area (Å²) in [4.78, 5) is 0. The van der Waals surface area contributed by atoms with Gasteiger partial charge in [0.2, 0.25) is 0 Å². The van der Waals surface area contributed by atoms with Crippen molar-refractivity contribution in [1.82, 2.24) is 15.0 Å². The van der Waals surface area contributed by atoms with Gasteiger partial charge in [0.1, 0.15) is 0 Å². The highest BCUT2D eigenvalue weighted by Gasteiger charge is 2.37. The van der Waals surface area contributed by atoms with Crippen LogP contribution in [0.1, 0.15) is 30.7 Å². The third kappa shape index (κ3) is 2.43. The van der Waals surface area contributed by atoms with E-state index < -0.39 is 0 Å². The molecular formula is C12H21N3O. The van der Waals surface area contributed by atoms with E-state index in [4.69, 9.17) is 0 Å². The van der Waals surface area contributed by atoms with Crippen LogP contribution in [-0.4, -0.2) is 29.2 Å². The topological polar surface area (TPSA) is 39.9 Å². The highest BCUT2D eigenvalue weighted by atomic mass is 16.4. The zero-order valence-electron chi connectivity index (χ0n) is 10.4. The summed E-state index contributed by atoms with van der Waals surface area (Å²) in [5, 5.41) is 8.31. The molecule has 0 N–H and O–H groups in total. The van der Waals surface area contributed by atoms with Gasteiger partial charge in [-0.1, -0.05) is 5.21 Å². The molecule has 0 unspecified atom stereocenters. The lowest BCUT2D eigenvalue weighted by Gasteiger charge is -2.07. The monoisotopic (exact) mass is 223 g/mol. The number of rotatable bonds is 0. The van der Waals surface area contributed by atoms with Crippen LogP contribution in [0.4, 0.5) is 0 Å². The molecule has 2 atom stereocenters. The largest absolute Gasteiger partial charge is 0.388 e. The lowest BCUT2D eigenvalue weighted by atomic mass is 10.0. The molecule has 2 aliphatic rings. The molecule has 1 heterocycles. The average Bonchev–Trinajstić information content (AvgIpc) is 2.87. The highest BCUT2D eigenvalue weighted by Crippen LogP contribution is 2.46. The first-order valence-electron chi connectivity index (χ1n) is 6.03. The first-order chi connectivity index (χ1) is 7.76. The first-order valence-corrected chi connectivity index (χ1v) is 6.03. The maximum absolute atomic E-state index is 4.25. The van der Waals surface area contributed by atoms with E-state index in [-0.39, 0.29) is 0 Å². The van der Waals surface area contributed by atoms with Gasteiger partial charge in [0.15, 0.2) is 0 Å². The average molecular weight is 223 g/mol. The number of fused-ring (bicyclic) bond motifs is 2. The Morgan fingerprint density at radius 3 is 2.50 bits per heavy atom. The van der Waals surface area contributed by atoms with Crippen LogP contribution in [0.15, 0.2) is 0 Å². The lowest BCUT2D eigenvalue weighted by molar-refractivity contribution is 0.277. The molecule has 0 aromatic carbocycles. The number of aromatic nitrogens is 3. The van der Waals surface area contributed by atoms with Crippen LogP contribution < -0.4 is 0 Å². The highest BCUT2D eigenvalue weighted by molar-refractivity contribution is 5.13. The van der Waals surface area contributed by atoms with Gasteiger partial charge in [-0.25, -0.2) is 0 Å². The number of aryl methyl sites for hydroxylation is 2. The van der Waals surface area contributed by atoms with Gasteiger partial charge in [-0.3, -0.25) is 4.68 Å². The molecule has 90 valence electrons. The van der Waals surface area contributed by atoms with E-state index in [1.807, 2.05) is 11.7 Å². The Morgan fingerprint density at radius 1 is 1.19 bits per heavy atom. The van der Waals surface area contributed by atoms with E-state index in [9.17, 15) is 0 Å². The molecule has 4 nitrogen and oxygen atoms in total. The number of hydrogen-bond donors (Lipinski definition) is 0. The van der Waals surface area contributed by atoms with Gasteiger partial charge in [-0.05, 0) is 43.9 Å². The summed E-state index contributed by atoms with van der Waals surface area (Å²) in [5.41, 5.74) is 2.64. The molecule has 1 saturated carbocycles. The summed E-state index contributed by atoms with van der Waals surface area (Å²) < 4.78 is 6.21. The normalized spacial score (nSPS) is 26.7. The minimum absolute atomic E-state index is 1.02. The van der Waals surface area contributed by atoms with E-state index >= 15 is 0 Å². The Balaban J connectivity index is 0.000000292. The maximum Gasteiger partial charge on any atom is 0.0859 e. The van der Waals surface area contributed by atoms with Crippen LogP contribution in [0.5, 0.6) is 0 Å². The number of nitrogens with zero attached hydrogens (tertiary/aromatic N) is 3. The smallest absolute Gasteiger partial charge is 0.0859 e. The zero-order chi connectivity index (χ0) is 11.5. The van der Waals surface area contributed by atoms with Crippen LogP contribution in [0.25, 0.3) is 0 Å². The van der Waals surface area contributed by atoms with E-state index in [1.165, 1.54) is 37.1 Å². The van der Waals surface area contributed by atoms with Crippen molar-refractivity contribution < 1.29 is 4.74 Å². The Labute approximate surface area is 97.0 Å². The first kappa shape index (κ1) is 11.6. The van der Waals surface area contributed by atoms with Crippen molar-refractivity contribution in [3.05, 3.63) is 11.4 Å². The van der Waals surface area contributed by atoms with Crippen molar-refractivity contribution in [3.8, 4) is 0 Å². The summed E-state index contributed by atoms with van der Waals surface area (Å²) in [5.74, 6) is 2.05. The van der Waals surface area contributed by atoms with Crippen molar-refractivity contribution in [2.75, 3.05) is 14.2 Å². The predicted molar refractivity (Wildman–Crippen MR) is 62.2 cm³/mol. The maximum atomic E-state index is 4.25. The van der Waals surface area contributed by atoms with Crippen LogP contribution in [0.2, 0.25) is 0 Å². The summed E-state index contributed by atoms with van der Waals surface area (Å²) in [6.45, 7) is 0. The van der Waals surface area contributed by atoms with E-state index in [0.717, 1.165) is 18.3 Å². The summed E-state index contributed by atoms with van der Waals surface area (Å²) in [6.07, 6.45) is 6.53. The van der Waals surface area contributed by atoms with Gasteiger partial charge in [-0.2, -0.15) is 0 Å². The molecule has 2 aliphatic carbocycles. The Kier molecular flexibility index (Phi) is 3.59. The fraction of sp³-hybridized carbons (Fsp3) is 0.833. The fourth-order valence-electron chi connectivity index (χ4n) is 2.58. The zero-order valence-corrected chi connectivity index (χ0v) is 10.4. The minimum atomic E-state index is 1.02. The summed E-state index contributed by atoms with van der Waals surface area (Å²) in [6, 6.07) is 0.